The van der Waals surface area contributed by atoms with E-state index in [0.717, 1.165) is 36.1 Å². The molecular weight excluding hydrogens is 380 g/mol. The van der Waals surface area contributed by atoms with Crippen molar-refractivity contribution in [1.29, 1.82) is 0 Å². The van der Waals surface area contributed by atoms with Crippen LogP contribution in [0, 0.1) is 0 Å². The second-order valence-corrected chi connectivity index (χ2v) is 6.68. The number of benzene rings is 2. The summed E-state index contributed by atoms with van der Waals surface area (Å²) in [7, 11) is 4.68. The zero-order valence-corrected chi connectivity index (χ0v) is 17.2. The molecule has 0 saturated carbocycles. The van der Waals surface area contributed by atoms with E-state index in [-0.39, 0.29) is 30.8 Å². The van der Waals surface area contributed by atoms with Crippen LogP contribution in [0.25, 0.3) is 0 Å². The molecule has 7 heteroatoms. The summed E-state index contributed by atoms with van der Waals surface area (Å²) in [6.45, 7) is 0. The molecule has 2 aromatic carbocycles. The van der Waals surface area contributed by atoms with E-state index in [1.807, 2.05) is 18.2 Å². The van der Waals surface area contributed by atoms with Gasteiger partial charge >= 0.3 is 0 Å². The molecule has 1 unspecified atom stereocenters. The highest BCUT2D eigenvalue weighted by Crippen LogP contribution is 2.38. The number of anilines is 1. The highest BCUT2D eigenvalue weighted by atomic mass is 35.5. The van der Waals surface area contributed by atoms with Crippen molar-refractivity contribution in [3.8, 4) is 17.2 Å². The van der Waals surface area contributed by atoms with Gasteiger partial charge in [-0.15, -0.1) is 12.4 Å². The number of carbonyl (C=O) groups excluding carboxylic acids is 1. The summed E-state index contributed by atoms with van der Waals surface area (Å²) in [5.74, 6) is 1.55. The number of fused-ring (bicyclic) bond motifs is 1. The molecule has 152 valence electrons. The molecule has 2 aromatic rings. The van der Waals surface area contributed by atoms with E-state index < -0.39 is 0 Å². The summed E-state index contributed by atoms with van der Waals surface area (Å²) in [6.07, 6.45) is 3.20. The number of halogens is 1. The topological polar surface area (TPSA) is 82.8 Å². The molecule has 0 saturated heterocycles. The van der Waals surface area contributed by atoms with Crippen molar-refractivity contribution in [1.82, 2.24) is 5.32 Å². The zero-order valence-electron chi connectivity index (χ0n) is 16.4. The van der Waals surface area contributed by atoms with Crippen molar-refractivity contribution in [3.63, 3.8) is 0 Å². The summed E-state index contributed by atoms with van der Waals surface area (Å²) in [4.78, 5) is 12.7. The first-order valence-corrected chi connectivity index (χ1v) is 9.02. The molecular formula is C21H27ClN2O4. The molecule has 1 aliphatic rings. The van der Waals surface area contributed by atoms with Gasteiger partial charge < -0.3 is 25.3 Å². The number of rotatable bonds is 6. The van der Waals surface area contributed by atoms with Gasteiger partial charge in [0.15, 0.2) is 11.5 Å². The molecule has 0 aromatic heterocycles. The predicted molar refractivity (Wildman–Crippen MR) is 112 cm³/mol. The largest absolute Gasteiger partial charge is 0.493 e. The monoisotopic (exact) mass is 406 g/mol. The number of hydrogen-bond acceptors (Lipinski definition) is 5. The van der Waals surface area contributed by atoms with Crippen LogP contribution in [0.2, 0.25) is 0 Å². The van der Waals surface area contributed by atoms with E-state index in [1.165, 1.54) is 5.56 Å². The Bertz CT molecular complexity index is 816. The lowest BCUT2D eigenvalue weighted by molar-refractivity contribution is -0.121. The second-order valence-electron chi connectivity index (χ2n) is 6.68. The van der Waals surface area contributed by atoms with E-state index in [0.29, 0.717) is 17.2 Å². The Morgan fingerprint density at radius 3 is 2.39 bits per heavy atom. The molecule has 3 rings (SSSR count). The van der Waals surface area contributed by atoms with Crippen molar-refractivity contribution in [2.24, 2.45) is 0 Å². The smallest absolute Gasteiger partial charge is 0.224 e. The quantitative estimate of drug-likeness (QED) is 0.718. The minimum atomic E-state index is -0.0426. The number of methoxy groups -OCH3 is 3. The fourth-order valence-electron chi connectivity index (χ4n) is 3.65. The maximum absolute atomic E-state index is 12.7. The Morgan fingerprint density at radius 1 is 1.11 bits per heavy atom. The Labute approximate surface area is 171 Å². The van der Waals surface area contributed by atoms with Gasteiger partial charge in [0.1, 0.15) is 0 Å². The van der Waals surface area contributed by atoms with Gasteiger partial charge in [0.25, 0.3) is 0 Å². The maximum Gasteiger partial charge on any atom is 0.224 e. The first-order chi connectivity index (χ1) is 13.0. The van der Waals surface area contributed by atoms with E-state index in [9.17, 15) is 4.79 Å². The molecule has 0 radical (unpaired) electrons. The lowest BCUT2D eigenvalue weighted by Gasteiger charge is -2.26. The van der Waals surface area contributed by atoms with Gasteiger partial charge in [-0.3, -0.25) is 4.79 Å². The van der Waals surface area contributed by atoms with Crippen molar-refractivity contribution < 1.29 is 19.0 Å². The molecule has 0 spiro atoms. The summed E-state index contributed by atoms with van der Waals surface area (Å²) in [6, 6.07) is 9.54. The number of nitrogens with two attached hydrogens (primary N) is 1. The number of nitrogens with one attached hydrogen (secondary N) is 1. The second kappa shape index (κ2) is 9.55. The van der Waals surface area contributed by atoms with Crippen LogP contribution in [0.1, 0.15) is 35.6 Å². The SMILES string of the molecule is COc1cc(CC(=O)NC2CCCc3cc(N)ccc32)cc(OC)c1OC.Cl. The third kappa shape index (κ3) is 4.62. The fraction of sp³-hybridized carbons (Fsp3) is 0.381. The van der Waals surface area contributed by atoms with Crippen LogP contribution in [0.5, 0.6) is 17.2 Å². The van der Waals surface area contributed by atoms with Gasteiger partial charge in [0, 0.05) is 5.69 Å². The molecule has 6 nitrogen and oxygen atoms in total. The van der Waals surface area contributed by atoms with Gasteiger partial charge in [-0.25, -0.2) is 0 Å². The van der Waals surface area contributed by atoms with Crippen LogP contribution < -0.4 is 25.3 Å². The molecule has 0 bridgehead atoms. The third-order valence-electron chi connectivity index (χ3n) is 4.91. The highest BCUT2D eigenvalue weighted by Gasteiger charge is 2.22. The summed E-state index contributed by atoms with van der Waals surface area (Å²) < 4.78 is 16.0. The van der Waals surface area contributed by atoms with Crippen molar-refractivity contribution >= 4 is 24.0 Å². The normalized spacial score (nSPS) is 15.0. The van der Waals surface area contributed by atoms with Crippen LogP contribution in [-0.2, 0) is 17.6 Å². The van der Waals surface area contributed by atoms with Gasteiger partial charge in [-0.05, 0) is 60.2 Å². The maximum atomic E-state index is 12.7. The molecule has 3 N–H and O–H groups in total. The van der Waals surface area contributed by atoms with Crippen molar-refractivity contribution in [3.05, 3.63) is 47.0 Å². The minimum Gasteiger partial charge on any atom is -0.493 e. The standard InChI is InChI=1S/C21H26N2O4.ClH/c1-25-18-9-13(10-19(26-2)21(18)27-3)11-20(24)23-17-6-4-5-14-12-15(22)7-8-16(14)17;/h7-10,12,17H,4-6,11,22H2,1-3H3,(H,23,24);1H. The molecule has 1 amide bonds. The first kappa shape index (κ1) is 21.7. The lowest BCUT2D eigenvalue weighted by Crippen LogP contribution is -2.32. The highest BCUT2D eigenvalue weighted by molar-refractivity contribution is 5.85. The van der Waals surface area contributed by atoms with Gasteiger partial charge in [0.2, 0.25) is 11.7 Å². The molecule has 0 aliphatic heterocycles. The average molecular weight is 407 g/mol. The Hall–Kier alpha value is -2.60. The number of hydrogen-bond donors (Lipinski definition) is 2. The Morgan fingerprint density at radius 2 is 1.79 bits per heavy atom. The summed E-state index contributed by atoms with van der Waals surface area (Å²) >= 11 is 0. The van der Waals surface area contributed by atoms with Crippen molar-refractivity contribution in [2.45, 2.75) is 31.7 Å². The van der Waals surface area contributed by atoms with Crippen molar-refractivity contribution in [2.75, 3.05) is 27.1 Å². The van der Waals surface area contributed by atoms with E-state index >= 15 is 0 Å². The van der Waals surface area contributed by atoms with Gasteiger partial charge in [0.05, 0.1) is 33.8 Å². The number of amides is 1. The number of nitrogen functional groups attached to an aromatic ring is 1. The van der Waals surface area contributed by atoms with E-state index in [2.05, 4.69) is 5.32 Å². The predicted octanol–water partition coefficient (Wildman–Crippen LogP) is 3.45. The van der Waals surface area contributed by atoms with E-state index in [4.69, 9.17) is 19.9 Å². The van der Waals surface area contributed by atoms with Crippen LogP contribution in [0.3, 0.4) is 0 Å². The number of carbonyl (C=O) groups is 1. The fourth-order valence-corrected chi connectivity index (χ4v) is 3.65. The van der Waals surface area contributed by atoms with Gasteiger partial charge in [-0.2, -0.15) is 0 Å². The summed E-state index contributed by atoms with van der Waals surface area (Å²) in [5.41, 5.74) is 9.83. The zero-order chi connectivity index (χ0) is 19.4. The lowest BCUT2D eigenvalue weighted by atomic mass is 9.87. The minimum absolute atomic E-state index is 0. The molecule has 28 heavy (non-hydrogen) atoms. The van der Waals surface area contributed by atoms with E-state index in [1.54, 1.807) is 33.5 Å². The van der Waals surface area contributed by atoms with Crippen LogP contribution >= 0.6 is 12.4 Å². The summed E-state index contributed by atoms with van der Waals surface area (Å²) in [5, 5.41) is 3.15. The number of ether oxygens (including phenoxy) is 3. The average Bonchev–Trinajstić information content (AvgIpc) is 2.66. The Balaban J connectivity index is 0.00000280. The first-order valence-electron chi connectivity index (χ1n) is 9.02. The Kier molecular flexibility index (Phi) is 7.40. The van der Waals surface area contributed by atoms with Crippen LogP contribution in [0.4, 0.5) is 5.69 Å². The molecule has 0 heterocycles. The molecule has 1 atom stereocenters. The number of aryl methyl sites for hydroxylation is 1. The molecule has 1 aliphatic carbocycles. The molecule has 0 fully saturated rings. The van der Waals surface area contributed by atoms with Crippen LogP contribution in [0.15, 0.2) is 30.3 Å². The van der Waals surface area contributed by atoms with Crippen LogP contribution in [-0.4, -0.2) is 27.2 Å². The van der Waals surface area contributed by atoms with Gasteiger partial charge in [-0.1, -0.05) is 6.07 Å². The third-order valence-corrected chi connectivity index (χ3v) is 4.91.